The fourth-order valence-electron chi connectivity index (χ4n) is 2.66. The molecular weight excluding hydrogens is 276 g/mol. The summed E-state index contributed by atoms with van der Waals surface area (Å²) in [5.41, 5.74) is 7.84. The third kappa shape index (κ3) is 4.12. The number of aryl methyl sites for hydroxylation is 1. The third-order valence-corrected chi connectivity index (χ3v) is 3.87. The molecule has 1 aliphatic carbocycles. The highest BCUT2D eigenvalue weighted by atomic mass is 35.5. The number of hydrogen-bond donors (Lipinski definition) is 2. The molecule has 0 aliphatic heterocycles. The van der Waals surface area contributed by atoms with E-state index in [1.54, 1.807) is 7.11 Å². The van der Waals surface area contributed by atoms with E-state index in [2.05, 4.69) is 5.32 Å². The van der Waals surface area contributed by atoms with Crippen LogP contribution in [0.15, 0.2) is 18.2 Å². The van der Waals surface area contributed by atoms with Crippen LogP contribution in [0.2, 0.25) is 0 Å². The van der Waals surface area contributed by atoms with Crippen LogP contribution in [0, 0.1) is 12.8 Å². The van der Waals surface area contributed by atoms with Gasteiger partial charge < -0.3 is 15.8 Å². The molecule has 1 amide bonds. The summed E-state index contributed by atoms with van der Waals surface area (Å²) in [7, 11) is 1.63. The SMILES string of the molecule is COc1ccc(NC(=O)C[C@@H]2CCC[C@H]2N)c(C)c1.Cl. The van der Waals surface area contributed by atoms with E-state index >= 15 is 0 Å². The number of benzene rings is 1. The van der Waals surface area contributed by atoms with Crippen LogP contribution < -0.4 is 15.8 Å². The maximum absolute atomic E-state index is 12.0. The van der Waals surface area contributed by atoms with Gasteiger partial charge in [0.2, 0.25) is 5.91 Å². The number of hydrogen-bond acceptors (Lipinski definition) is 3. The summed E-state index contributed by atoms with van der Waals surface area (Å²) in [4.78, 5) is 12.0. The number of ether oxygens (including phenoxy) is 1. The molecule has 0 saturated heterocycles. The number of nitrogens with two attached hydrogens (primary N) is 1. The van der Waals surface area contributed by atoms with Crippen molar-refractivity contribution >= 4 is 24.0 Å². The zero-order chi connectivity index (χ0) is 13.8. The molecule has 0 heterocycles. The van der Waals surface area contributed by atoms with E-state index in [4.69, 9.17) is 10.5 Å². The Kier molecular flexibility index (Phi) is 6.30. The number of halogens is 1. The molecule has 2 rings (SSSR count). The monoisotopic (exact) mass is 298 g/mol. The summed E-state index contributed by atoms with van der Waals surface area (Å²) < 4.78 is 5.15. The van der Waals surface area contributed by atoms with Crippen LogP contribution in [0.3, 0.4) is 0 Å². The summed E-state index contributed by atoms with van der Waals surface area (Å²) in [5.74, 6) is 1.18. The zero-order valence-electron chi connectivity index (χ0n) is 12.0. The van der Waals surface area contributed by atoms with Crippen molar-refractivity contribution in [1.29, 1.82) is 0 Å². The largest absolute Gasteiger partial charge is 0.497 e. The lowest BCUT2D eigenvalue weighted by Gasteiger charge is -2.15. The van der Waals surface area contributed by atoms with Gasteiger partial charge in [0.05, 0.1) is 7.11 Å². The van der Waals surface area contributed by atoms with Crippen molar-refractivity contribution in [3.05, 3.63) is 23.8 Å². The van der Waals surface area contributed by atoms with Crippen molar-refractivity contribution in [2.45, 2.75) is 38.6 Å². The maximum atomic E-state index is 12.0. The molecule has 0 bridgehead atoms. The molecule has 3 N–H and O–H groups in total. The Morgan fingerprint density at radius 3 is 2.75 bits per heavy atom. The smallest absolute Gasteiger partial charge is 0.224 e. The Balaban J connectivity index is 0.00000200. The van der Waals surface area contributed by atoms with Gasteiger partial charge in [-0.1, -0.05) is 6.42 Å². The topological polar surface area (TPSA) is 64.3 Å². The van der Waals surface area contributed by atoms with Crippen molar-refractivity contribution in [3.63, 3.8) is 0 Å². The van der Waals surface area contributed by atoms with Crippen LogP contribution in [0.4, 0.5) is 5.69 Å². The van der Waals surface area contributed by atoms with Gasteiger partial charge in [-0.2, -0.15) is 0 Å². The molecule has 0 spiro atoms. The van der Waals surface area contributed by atoms with Gasteiger partial charge in [-0.3, -0.25) is 4.79 Å². The molecule has 1 aromatic carbocycles. The molecule has 0 radical (unpaired) electrons. The second-order valence-electron chi connectivity index (χ2n) is 5.29. The Labute approximate surface area is 126 Å². The molecular formula is C15H23ClN2O2. The second-order valence-corrected chi connectivity index (χ2v) is 5.29. The van der Waals surface area contributed by atoms with Gasteiger partial charge in [0.1, 0.15) is 5.75 Å². The lowest BCUT2D eigenvalue weighted by Crippen LogP contribution is -2.28. The van der Waals surface area contributed by atoms with Gasteiger partial charge in [-0.15, -0.1) is 12.4 Å². The summed E-state index contributed by atoms with van der Waals surface area (Å²) in [5, 5.41) is 2.96. The van der Waals surface area contributed by atoms with E-state index in [1.165, 1.54) is 0 Å². The number of carbonyl (C=O) groups is 1. The van der Waals surface area contributed by atoms with Crippen LogP contribution in [0.25, 0.3) is 0 Å². The van der Waals surface area contributed by atoms with E-state index in [0.29, 0.717) is 12.3 Å². The van der Waals surface area contributed by atoms with Crippen LogP contribution >= 0.6 is 12.4 Å². The Hall–Kier alpha value is -1.26. The molecule has 20 heavy (non-hydrogen) atoms. The average Bonchev–Trinajstić information content (AvgIpc) is 2.77. The van der Waals surface area contributed by atoms with E-state index in [-0.39, 0.29) is 24.4 Å². The van der Waals surface area contributed by atoms with Gasteiger partial charge in [0.15, 0.2) is 0 Å². The summed E-state index contributed by atoms with van der Waals surface area (Å²) >= 11 is 0. The normalized spacial score (nSPS) is 21.1. The number of nitrogens with one attached hydrogen (secondary N) is 1. The Morgan fingerprint density at radius 1 is 1.45 bits per heavy atom. The maximum Gasteiger partial charge on any atom is 0.224 e. The van der Waals surface area contributed by atoms with E-state index < -0.39 is 0 Å². The minimum Gasteiger partial charge on any atom is -0.497 e. The highest BCUT2D eigenvalue weighted by Crippen LogP contribution is 2.27. The predicted octanol–water partition coefficient (Wildman–Crippen LogP) is 2.88. The number of rotatable bonds is 4. The van der Waals surface area contributed by atoms with Crippen molar-refractivity contribution in [3.8, 4) is 5.75 Å². The summed E-state index contributed by atoms with van der Waals surface area (Å²) in [6.07, 6.45) is 3.77. The lowest BCUT2D eigenvalue weighted by atomic mass is 10.00. The van der Waals surface area contributed by atoms with Gasteiger partial charge in [0, 0.05) is 18.2 Å². The molecule has 5 heteroatoms. The van der Waals surface area contributed by atoms with Gasteiger partial charge >= 0.3 is 0 Å². The molecule has 0 unspecified atom stereocenters. The molecule has 4 nitrogen and oxygen atoms in total. The van der Waals surface area contributed by atoms with Gasteiger partial charge in [-0.05, 0) is 49.4 Å². The van der Waals surface area contributed by atoms with Crippen LogP contribution in [-0.2, 0) is 4.79 Å². The standard InChI is InChI=1S/C15H22N2O2.ClH/c1-10-8-12(19-2)6-7-14(10)17-15(18)9-11-4-3-5-13(11)16;/h6-8,11,13H,3-5,9,16H2,1-2H3,(H,17,18);1H/t11-,13+;/m0./s1. The minimum atomic E-state index is 0. The highest BCUT2D eigenvalue weighted by Gasteiger charge is 2.26. The van der Waals surface area contributed by atoms with Crippen molar-refractivity contribution in [2.24, 2.45) is 11.7 Å². The Morgan fingerprint density at radius 2 is 2.20 bits per heavy atom. The predicted molar refractivity (Wildman–Crippen MR) is 83.5 cm³/mol. The van der Waals surface area contributed by atoms with E-state index in [1.807, 2.05) is 25.1 Å². The minimum absolute atomic E-state index is 0. The molecule has 2 atom stereocenters. The molecule has 1 fully saturated rings. The van der Waals surface area contributed by atoms with Gasteiger partial charge in [0.25, 0.3) is 0 Å². The zero-order valence-corrected chi connectivity index (χ0v) is 12.8. The highest BCUT2D eigenvalue weighted by molar-refractivity contribution is 5.91. The van der Waals surface area contributed by atoms with Crippen molar-refractivity contribution < 1.29 is 9.53 Å². The lowest BCUT2D eigenvalue weighted by molar-refractivity contribution is -0.117. The fraction of sp³-hybridized carbons (Fsp3) is 0.533. The number of amides is 1. The molecule has 1 saturated carbocycles. The van der Waals surface area contributed by atoms with Crippen LogP contribution in [0.5, 0.6) is 5.75 Å². The summed E-state index contributed by atoms with van der Waals surface area (Å²) in [6.45, 7) is 1.96. The number of anilines is 1. The molecule has 1 aromatic rings. The first-order valence-electron chi connectivity index (χ1n) is 6.80. The first-order valence-corrected chi connectivity index (χ1v) is 6.80. The number of carbonyl (C=O) groups excluding carboxylic acids is 1. The van der Waals surface area contributed by atoms with E-state index in [9.17, 15) is 4.79 Å². The molecule has 1 aliphatic rings. The van der Waals surface area contributed by atoms with Crippen molar-refractivity contribution in [1.82, 2.24) is 0 Å². The summed E-state index contributed by atoms with van der Waals surface area (Å²) in [6, 6.07) is 5.82. The number of methoxy groups -OCH3 is 1. The molecule has 112 valence electrons. The van der Waals surface area contributed by atoms with E-state index in [0.717, 1.165) is 36.3 Å². The van der Waals surface area contributed by atoms with Gasteiger partial charge in [-0.25, -0.2) is 0 Å². The van der Waals surface area contributed by atoms with Crippen LogP contribution in [0.1, 0.15) is 31.2 Å². The fourth-order valence-corrected chi connectivity index (χ4v) is 2.66. The first-order chi connectivity index (χ1) is 9.10. The third-order valence-electron chi connectivity index (χ3n) is 3.87. The quantitative estimate of drug-likeness (QED) is 0.898. The Bertz CT molecular complexity index is 465. The van der Waals surface area contributed by atoms with Crippen LogP contribution in [-0.4, -0.2) is 19.1 Å². The first kappa shape index (κ1) is 16.8. The molecule has 0 aromatic heterocycles. The average molecular weight is 299 g/mol. The second kappa shape index (κ2) is 7.50. The van der Waals surface area contributed by atoms with Crippen molar-refractivity contribution in [2.75, 3.05) is 12.4 Å².